The Bertz CT molecular complexity index is 193. The molecule has 0 N–H and O–H groups in total. The molecule has 0 aromatic rings. The van der Waals surface area contributed by atoms with E-state index in [-0.39, 0.29) is 10.5 Å². The topological polar surface area (TPSA) is 20.3 Å². The van der Waals surface area contributed by atoms with Gasteiger partial charge >= 0.3 is 0 Å². The summed E-state index contributed by atoms with van der Waals surface area (Å²) in [6, 6.07) is 0. The van der Waals surface area contributed by atoms with Crippen molar-refractivity contribution in [3.63, 3.8) is 0 Å². The fourth-order valence-corrected chi connectivity index (χ4v) is 2.12. The van der Waals surface area contributed by atoms with Gasteiger partial charge in [-0.15, -0.1) is 13.2 Å². The molecule has 0 aromatic carbocycles. The summed E-state index contributed by atoms with van der Waals surface area (Å²) in [5.74, 6) is 0. The molecule has 0 amide bonds. The second-order valence-electron chi connectivity index (χ2n) is 3.00. The summed E-state index contributed by atoms with van der Waals surface area (Å²) in [4.78, 5) is 13.2. The van der Waals surface area contributed by atoms with Gasteiger partial charge in [-0.1, -0.05) is 30.8 Å². The first-order valence-corrected chi connectivity index (χ1v) is 5.66. The molecule has 0 aliphatic rings. The van der Waals surface area contributed by atoms with Crippen LogP contribution >= 0.6 is 11.8 Å². The molecular weight excluding hydrogens is 194 g/mol. The second kappa shape index (κ2) is 7.83. The number of rotatable bonds is 7. The summed E-state index contributed by atoms with van der Waals surface area (Å²) in [5, 5.41) is 0.401. The van der Waals surface area contributed by atoms with Crippen LogP contribution < -0.4 is 0 Å². The van der Waals surface area contributed by atoms with Crippen LogP contribution in [0, 0.1) is 0 Å². The maximum Gasteiger partial charge on any atom is 0.187 e. The SMILES string of the molecule is C=CCN(CC=C)C(CC)SC(C)=O. The summed E-state index contributed by atoms with van der Waals surface area (Å²) in [6.07, 6.45) is 4.66. The number of carbonyl (C=O) groups is 1. The number of thioether (sulfide) groups is 1. The maximum absolute atomic E-state index is 11.0. The predicted molar refractivity (Wildman–Crippen MR) is 64.3 cm³/mol. The van der Waals surface area contributed by atoms with Gasteiger partial charge in [-0.25, -0.2) is 0 Å². The molecular formula is C11H19NOS. The van der Waals surface area contributed by atoms with Gasteiger partial charge in [0, 0.05) is 20.0 Å². The van der Waals surface area contributed by atoms with Crippen LogP contribution in [0.15, 0.2) is 25.3 Å². The van der Waals surface area contributed by atoms with E-state index in [9.17, 15) is 4.79 Å². The summed E-state index contributed by atoms with van der Waals surface area (Å²) in [5.41, 5.74) is 0. The summed E-state index contributed by atoms with van der Waals surface area (Å²) in [7, 11) is 0. The lowest BCUT2D eigenvalue weighted by Crippen LogP contribution is -2.33. The molecule has 0 rings (SSSR count). The maximum atomic E-state index is 11.0. The van der Waals surface area contributed by atoms with Crippen LogP contribution in [0.2, 0.25) is 0 Å². The van der Waals surface area contributed by atoms with Crippen molar-refractivity contribution in [2.45, 2.75) is 25.6 Å². The van der Waals surface area contributed by atoms with Crippen molar-refractivity contribution < 1.29 is 4.79 Å². The monoisotopic (exact) mass is 213 g/mol. The molecule has 0 aromatic heterocycles. The first kappa shape index (κ1) is 13.5. The standard InChI is InChI=1S/C11H19NOS/c1-5-8-12(9-6-2)11(7-3)14-10(4)13/h5-6,11H,1-2,7-9H2,3-4H3. The van der Waals surface area contributed by atoms with Crippen molar-refractivity contribution in [3.05, 3.63) is 25.3 Å². The molecule has 0 heterocycles. The largest absolute Gasteiger partial charge is 0.287 e. The van der Waals surface area contributed by atoms with Gasteiger partial charge in [0.05, 0.1) is 5.37 Å². The zero-order chi connectivity index (χ0) is 11.0. The quantitative estimate of drug-likeness (QED) is 0.479. The molecule has 0 bridgehead atoms. The van der Waals surface area contributed by atoms with Crippen LogP contribution in [0.3, 0.4) is 0 Å². The van der Waals surface area contributed by atoms with Crippen LogP contribution in [0.1, 0.15) is 20.3 Å². The normalized spacial score (nSPS) is 12.5. The highest BCUT2D eigenvalue weighted by Gasteiger charge is 2.16. The van der Waals surface area contributed by atoms with Gasteiger partial charge in [0.25, 0.3) is 0 Å². The lowest BCUT2D eigenvalue weighted by molar-refractivity contribution is -0.109. The predicted octanol–water partition coefficient (Wildman–Crippen LogP) is 2.68. The Morgan fingerprint density at radius 1 is 1.43 bits per heavy atom. The fraction of sp³-hybridized carbons (Fsp3) is 0.545. The number of carbonyl (C=O) groups excluding carboxylic acids is 1. The van der Waals surface area contributed by atoms with Gasteiger partial charge in [0.2, 0.25) is 0 Å². The van der Waals surface area contributed by atoms with Crippen LogP contribution in [0.4, 0.5) is 0 Å². The molecule has 0 fully saturated rings. The average Bonchev–Trinajstić information content (AvgIpc) is 2.13. The van der Waals surface area contributed by atoms with Gasteiger partial charge in [0.1, 0.15) is 0 Å². The Hall–Kier alpha value is -0.540. The van der Waals surface area contributed by atoms with Crippen LogP contribution in [-0.2, 0) is 4.79 Å². The highest BCUT2D eigenvalue weighted by Crippen LogP contribution is 2.19. The Kier molecular flexibility index (Phi) is 7.52. The van der Waals surface area contributed by atoms with E-state index < -0.39 is 0 Å². The zero-order valence-corrected chi connectivity index (χ0v) is 9.85. The Balaban J connectivity index is 4.30. The number of nitrogens with zero attached hydrogens (tertiary/aromatic N) is 1. The van der Waals surface area contributed by atoms with E-state index in [4.69, 9.17) is 0 Å². The van der Waals surface area contributed by atoms with Crippen molar-refractivity contribution in [1.29, 1.82) is 0 Å². The van der Waals surface area contributed by atoms with Crippen LogP contribution in [0.25, 0.3) is 0 Å². The Morgan fingerprint density at radius 2 is 1.93 bits per heavy atom. The molecule has 0 aliphatic heterocycles. The second-order valence-corrected chi connectivity index (χ2v) is 4.36. The minimum atomic E-state index is 0.162. The summed E-state index contributed by atoms with van der Waals surface area (Å²) in [6.45, 7) is 12.7. The van der Waals surface area contributed by atoms with Crippen LogP contribution in [-0.4, -0.2) is 28.5 Å². The zero-order valence-electron chi connectivity index (χ0n) is 9.03. The van der Waals surface area contributed by atoms with Crippen molar-refractivity contribution in [3.8, 4) is 0 Å². The van der Waals surface area contributed by atoms with Gasteiger partial charge in [-0.2, -0.15) is 0 Å². The fourth-order valence-electron chi connectivity index (χ4n) is 1.25. The van der Waals surface area contributed by atoms with E-state index in [1.807, 2.05) is 12.2 Å². The highest BCUT2D eigenvalue weighted by atomic mass is 32.2. The highest BCUT2D eigenvalue weighted by molar-refractivity contribution is 8.14. The molecule has 0 spiro atoms. The third kappa shape index (κ3) is 5.25. The first-order valence-electron chi connectivity index (χ1n) is 4.78. The molecule has 14 heavy (non-hydrogen) atoms. The van der Waals surface area contributed by atoms with Gasteiger partial charge in [-0.3, -0.25) is 9.69 Å². The Labute approximate surface area is 91.1 Å². The van der Waals surface area contributed by atoms with Crippen molar-refractivity contribution in [1.82, 2.24) is 4.90 Å². The third-order valence-corrected chi connectivity index (χ3v) is 3.02. The van der Waals surface area contributed by atoms with Gasteiger partial charge < -0.3 is 0 Å². The van der Waals surface area contributed by atoms with E-state index in [2.05, 4.69) is 25.0 Å². The molecule has 0 saturated heterocycles. The van der Waals surface area contributed by atoms with Crippen molar-refractivity contribution >= 4 is 16.9 Å². The molecule has 0 radical (unpaired) electrons. The lowest BCUT2D eigenvalue weighted by Gasteiger charge is -2.27. The minimum absolute atomic E-state index is 0.162. The van der Waals surface area contributed by atoms with Gasteiger partial charge in [0.15, 0.2) is 5.12 Å². The summed E-state index contributed by atoms with van der Waals surface area (Å²) < 4.78 is 0. The average molecular weight is 213 g/mol. The van der Waals surface area contributed by atoms with Crippen LogP contribution in [0.5, 0.6) is 0 Å². The van der Waals surface area contributed by atoms with Gasteiger partial charge in [-0.05, 0) is 6.42 Å². The van der Waals surface area contributed by atoms with E-state index >= 15 is 0 Å². The molecule has 80 valence electrons. The van der Waals surface area contributed by atoms with E-state index in [1.165, 1.54) is 11.8 Å². The molecule has 3 heteroatoms. The molecule has 2 nitrogen and oxygen atoms in total. The van der Waals surface area contributed by atoms with E-state index in [0.29, 0.717) is 0 Å². The lowest BCUT2D eigenvalue weighted by atomic mass is 10.4. The van der Waals surface area contributed by atoms with Crippen molar-refractivity contribution in [2.75, 3.05) is 13.1 Å². The molecule has 1 unspecified atom stereocenters. The van der Waals surface area contributed by atoms with E-state index in [0.717, 1.165) is 19.5 Å². The first-order chi connectivity index (χ1) is 6.65. The molecule has 0 saturated carbocycles. The van der Waals surface area contributed by atoms with E-state index in [1.54, 1.807) is 6.92 Å². The molecule has 1 atom stereocenters. The smallest absolute Gasteiger partial charge is 0.187 e. The third-order valence-electron chi connectivity index (χ3n) is 1.79. The minimum Gasteiger partial charge on any atom is -0.287 e. The number of hydrogen-bond acceptors (Lipinski definition) is 3. The Morgan fingerprint density at radius 3 is 2.21 bits per heavy atom. The number of hydrogen-bond donors (Lipinski definition) is 0. The summed E-state index contributed by atoms with van der Waals surface area (Å²) >= 11 is 1.38. The van der Waals surface area contributed by atoms with Crippen molar-refractivity contribution in [2.24, 2.45) is 0 Å². The molecule has 0 aliphatic carbocycles.